The lowest BCUT2D eigenvalue weighted by Crippen LogP contribution is -2.44. The highest BCUT2D eigenvalue weighted by Gasteiger charge is 2.19. The first-order chi connectivity index (χ1) is 3.12. The van der Waals surface area contributed by atoms with Crippen molar-refractivity contribution in [2.24, 2.45) is 0 Å². The third-order valence-corrected chi connectivity index (χ3v) is 0.453. The van der Waals surface area contributed by atoms with Crippen LogP contribution in [0, 0.1) is 0 Å². The van der Waals surface area contributed by atoms with Crippen molar-refractivity contribution in [1.82, 2.24) is 5.32 Å². The first-order valence-corrected chi connectivity index (χ1v) is 1.58. The van der Waals surface area contributed by atoms with Gasteiger partial charge in [-0.1, -0.05) is 0 Å². The zero-order valence-corrected chi connectivity index (χ0v) is 3.75. The van der Waals surface area contributed by atoms with E-state index in [0.29, 0.717) is 0 Å². The van der Waals surface area contributed by atoms with Gasteiger partial charge in [-0.05, 0) is 7.05 Å². The van der Waals surface area contributed by atoms with E-state index >= 15 is 0 Å². The van der Waals surface area contributed by atoms with Crippen LogP contribution >= 0.6 is 0 Å². The van der Waals surface area contributed by atoms with Crippen molar-refractivity contribution in [3.05, 3.63) is 0 Å². The van der Waals surface area contributed by atoms with Crippen LogP contribution < -0.4 is 5.32 Å². The highest BCUT2D eigenvalue weighted by molar-refractivity contribution is 4.31. The predicted octanol–water partition coefficient (Wildman–Crippen LogP) is -1.71. The van der Waals surface area contributed by atoms with E-state index in [9.17, 15) is 0 Å². The van der Waals surface area contributed by atoms with Gasteiger partial charge < -0.3 is 10.2 Å². The molecule has 5 nitrogen and oxygen atoms in total. The SMILES string of the molecule is CNC(O)(O)OO. The molecule has 0 aliphatic rings. The summed E-state index contributed by atoms with van der Waals surface area (Å²) in [5, 5.41) is 25.6. The first kappa shape index (κ1) is 6.80. The second kappa shape index (κ2) is 2.20. The van der Waals surface area contributed by atoms with Crippen molar-refractivity contribution in [3.63, 3.8) is 0 Å². The zero-order valence-electron chi connectivity index (χ0n) is 3.75. The van der Waals surface area contributed by atoms with Crippen LogP contribution in [0.15, 0.2) is 0 Å². The van der Waals surface area contributed by atoms with Gasteiger partial charge in [0.15, 0.2) is 0 Å². The fourth-order valence-electron chi connectivity index (χ4n) is 0.0456. The molecule has 0 saturated heterocycles. The molecular formula is C2H7NO4. The van der Waals surface area contributed by atoms with Crippen LogP contribution in [0.25, 0.3) is 0 Å². The zero-order chi connectivity index (χ0) is 5.91. The van der Waals surface area contributed by atoms with Crippen molar-refractivity contribution in [1.29, 1.82) is 0 Å². The molecule has 0 aromatic rings. The summed E-state index contributed by atoms with van der Waals surface area (Å²) in [7, 11) is 1.20. The van der Waals surface area contributed by atoms with Crippen molar-refractivity contribution < 1.29 is 20.4 Å². The van der Waals surface area contributed by atoms with Gasteiger partial charge in [0.25, 0.3) is 0 Å². The fraction of sp³-hybridized carbons (Fsp3) is 1.00. The quantitative estimate of drug-likeness (QED) is 0.193. The normalized spacial score (nSPS) is 12.0. The van der Waals surface area contributed by atoms with Gasteiger partial charge in [-0.25, -0.2) is 10.6 Å². The molecule has 0 saturated carbocycles. The Morgan fingerprint density at radius 1 is 1.57 bits per heavy atom. The second-order valence-electron chi connectivity index (χ2n) is 0.950. The molecule has 0 spiro atoms. The Labute approximate surface area is 40.1 Å². The molecule has 5 heteroatoms. The van der Waals surface area contributed by atoms with Gasteiger partial charge in [-0.3, -0.25) is 0 Å². The minimum Gasteiger partial charge on any atom is -0.328 e. The number of aliphatic hydroxyl groups is 2. The maximum Gasteiger partial charge on any atom is 0.372 e. The van der Waals surface area contributed by atoms with Crippen molar-refractivity contribution in [2.45, 2.75) is 6.10 Å². The van der Waals surface area contributed by atoms with E-state index in [4.69, 9.17) is 15.5 Å². The summed E-state index contributed by atoms with van der Waals surface area (Å²) >= 11 is 0. The summed E-state index contributed by atoms with van der Waals surface area (Å²) in [6, 6.07) is 0. The lowest BCUT2D eigenvalue weighted by atomic mass is 10.9. The predicted molar refractivity (Wildman–Crippen MR) is 19.9 cm³/mol. The molecular weight excluding hydrogens is 102 g/mol. The lowest BCUT2D eigenvalue weighted by Gasteiger charge is -2.13. The molecule has 0 rings (SSSR count). The highest BCUT2D eigenvalue weighted by atomic mass is 17.2. The molecule has 0 aromatic heterocycles. The van der Waals surface area contributed by atoms with Gasteiger partial charge in [-0.15, -0.1) is 0 Å². The van der Waals surface area contributed by atoms with E-state index in [2.05, 4.69) is 4.89 Å². The monoisotopic (exact) mass is 109 g/mol. The van der Waals surface area contributed by atoms with Gasteiger partial charge in [-0.2, -0.15) is 4.89 Å². The number of hydrogen-bond donors (Lipinski definition) is 4. The van der Waals surface area contributed by atoms with Crippen LogP contribution in [0.1, 0.15) is 0 Å². The molecule has 0 aliphatic heterocycles. The number of hydrogen-bond acceptors (Lipinski definition) is 5. The van der Waals surface area contributed by atoms with E-state index in [-0.39, 0.29) is 0 Å². The third-order valence-electron chi connectivity index (χ3n) is 0.453. The fourth-order valence-corrected chi connectivity index (χ4v) is 0.0456. The molecule has 0 unspecified atom stereocenters. The Kier molecular flexibility index (Phi) is 2.13. The van der Waals surface area contributed by atoms with Crippen LogP contribution in [0.5, 0.6) is 0 Å². The van der Waals surface area contributed by atoms with Gasteiger partial charge in [0, 0.05) is 0 Å². The van der Waals surface area contributed by atoms with Crippen molar-refractivity contribution in [2.75, 3.05) is 7.05 Å². The Bertz CT molecular complexity index is 47.7. The maximum atomic E-state index is 8.10. The van der Waals surface area contributed by atoms with Crippen LogP contribution in [0.3, 0.4) is 0 Å². The largest absolute Gasteiger partial charge is 0.372 e. The molecule has 0 atom stereocenters. The Morgan fingerprint density at radius 3 is 2.00 bits per heavy atom. The van der Waals surface area contributed by atoms with Crippen LogP contribution in [-0.4, -0.2) is 28.6 Å². The molecule has 4 N–H and O–H groups in total. The minimum absolute atomic E-state index is 1.20. The molecule has 0 radical (unpaired) electrons. The van der Waals surface area contributed by atoms with Gasteiger partial charge in [0.05, 0.1) is 0 Å². The average Bonchev–Trinajstić information content (AvgIpc) is 1.68. The molecule has 0 heterocycles. The molecule has 0 fully saturated rings. The van der Waals surface area contributed by atoms with Crippen molar-refractivity contribution in [3.8, 4) is 0 Å². The Hall–Kier alpha value is -0.200. The molecule has 7 heavy (non-hydrogen) atoms. The smallest absolute Gasteiger partial charge is 0.328 e. The van der Waals surface area contributed by atoms with E-state index in [1.807, 2.05) is 5.32 Å². The summed E-state index contributed by atoms with van der Waals surface area (Å²) in [5.74, 6) is 0. The van der Waals surface area contributed by atoms with Crippen LogP contribution in [-0.2, 0) is 4.89 Å². The summed E-state index contributed by atoms with van der Waals surface area (Å²) < 4.78 is 0. The van der Waals surface area contributed by atoms with Gasteiger partial charge in [0.1, 0.15) is 0 Å². The van der Waals surface area contributed by atoms with E-state index < -0.39 is 6.10 Å². The first-order valence-electron chi connectivity index (χ1n) is 1.58. The van der Waals surface area contributed by atoms with Gasteiger partial charge in [0.2, 0.25) is 0 Å². The molecule has 0 aromatic carbocycles. The minimum atomic E-state index is -2.61. The van der Waals surface area contributed by atoms with Crippen LogP contribution in [0.2, 0.25) is 0 Å². The Morgan fingerprint density at radius 2 is 2.00 bits per heavy atom. The standard InChI is InChI=1S/C2H7NO4/c1-3-2(4,5)7-6/h3-6H,1H3. The summed E-state index contributed by atoms with van der Waals surface area (Å²) in [5.41, 5.74) is 0. The summed E-state index contributed by atoms with van der Waals surface area (Å²) in [6.45, 7) is 0. The number of nitrogens with one attached hydrogen (secondary N) is 1. The third kappa shape index (κ3) is 2.49. The van der Waals surface area contributed by atoms with Gasteiger partial charge >= 0.3 is 6.10 Å². The van der Waals surface area contributed by atoms with Crippen molar-refractivity contribution >= 4 is 0 Å². The molecule has 0 aliphatic carbocycles. The Balaban J connectivity index is 3.36. The van der Waals surface area contributed by atoms with Crippen LogP contribution in [0.4, 0.5) is 0 Å². The number of rotatable bonds is 2. The van der Waals surface area contributed by atoms with E-state index in [1.165, 1.54) is 7.05 Å². The lowest BCUT2D eigenvalue weighted by molar-refractivity contribution is -0.479. The van der Waals surface area contributed by atoms with E-state index in [0.717, 1.165) is 0 Å². The van der Waals surface area contributed by atoms with E-state index in [1.54, 1.807) is 0 Å². The average molecular weight is 109 g/mol. The molecule has 0 amide bonds. The maximum absolute atomic E-state index is 8.10. The molecule has 0 bridgehead atoms. The second-order valence-corrected chi connectivity index (χ2v) is 0.950. The summed E-state index contributed by atoms with van der Waals surface area (Å²) in [6.07, 6.45) is -2.61. The molecule has 44 valence electrons. The summed E-state index contributed by atoms with van der Waals surface area (Å²) in [4.78, 5) is 3.09. The highest BCUT2D eigenvalue weighted by Crippen LogP contribution is 1.88. The topological polar surface area (TPSA) is 82.0 Å².